The molecule has 0 N–H and O–H groups in total. The molecule has 4 heterocycles. The van der Waals surface area contributed by atoms with Gasteiger partial charge in [0.05, 0.1) is 7.11 Å². The summed E-state index contributed by atoms with van der Waals surface area (Å²) in [6, 6.07) is 11.3. The molecule has 2 aliphatic heterocycles. The van der Waals surface area contributed by atoms with Gasteiger partial charge in [-0.15, -0.1) is 15.3 Å². The summed E-state index contributed by atoms with van der Waals surface area (Å²) in [5, 5.41) is 12.8. The monoisotopic (exact) mass is 408 g/mol. The fourth-order valence-electron chi connectivity index (χ4n) is 4.41. The number of amides is 1. The number of aromatic nitrogens is 4. The van der Waals surface area contributed by atoms with Gasteiger partial charge in [0.1, 0.15) is 5.82 Å². The van der Waals surface area contributed by atoms with Crippen molar-refractivity contribution in [2.24, 2.45) is 11.8 Å². The predicted molar refractivity (Wildman–Crippen MR) is 110 cm³/mol. The van der Waals surface area contributed by atoms with E-state index in [1.165, 1.54) is 0 Å². The van der Waals surface area contributed by atoms with E-state index >= 15 is 0 Å². The lowest BCUT2D eigenvalue weighted by Gasteiger charge is -2.22. The van der Waals surface area contributed by atoms with E-state index in [1.54, 1.807) is 11.6 Å². The molecule has 9 heteroatoms. The van der Waals surface area contributed by atoms with Gasteiger partial charge < -0.3 is 19.3 Å². The van der Waals surface area contributed by atoms with Crippen LogP contribution in [0.25, 0.3) is 5.65 Å². The third-order valence-corrected chi connectivity index (χ3v) is 5.99. The van der Waals surface area contributed by atoms with Crippen molar-refractivity contribution in [3.63, 3.8) is 0 Å². The van der Waals surface area contributed by atoms with Crippen LogP contribution in [0.1, 0.15) is 5.82 Å². The molecule has 2 saturated heterocycles. The van der Waals surface area contributed by atoms with Crippen molar-refractivity contribution >= 4 is 17.4 Å². The van der Waals surface area contributed by atoms with Gasteiger partial charge in [-0.3, -0.25) is 4.79 Å². The van der Waals surface area contributed by atoms with Gasteiger partial charge in [-0.1, -0.05) is 12.1 Å². The lowest BCUT2D eigenvalue weighted by atomic mass is 10.0. The minimum Gasteiger partial charge on any atom is -0.493 e. The topological polar surface area (TPSA) is 85.1 Å². The number of fused-ring (bicyclic) bond motifs is 2. The van der Waals surface area contributed by atoms with Crippen LogP contribution in [0.4, 0.5) is 5.82 Å². The summed E-state index contributed by atoms with van der Waals surface area (Å²) in [6.07, 6.45) is 0. The second-order valence-electron chi connectivity index (χ2n) is 7.87. The lowest BCUT2D eigenvalue weighted by Crippen LogP contribution is -2.36. The number of para-hydroxylation sites is 2. The minimum absolute atomic E-state index is 0.0153. The fourth-order valence-corrected chi connectivity index (χ4v) is 4.41. The van der Waals surface area contributed by atoms with E-state index in [-0.39, 0.29) is 12.5 Å². The second kappa shape index (κ2) is 7.47. The Morgan fingerprint density at radius 3 is 2.50 bits per heavy atom. The van der Waals surface area contributed by atoms with Gasteiger partial charge in [-0.25, -0.2) is 0 Å². The first-order valence-electron chi connectivity index (χ1n) is 10.1. The molecule has 2 aromatic heterocycles. The van der Waals surface area contributed by atoms with Crippen LogP contribution >= 0.6 is 0 Å². The highest BCUT2D eigenvalue weighted by Gasteiger charge is 2.42. The Labute approximate surface area is 174 Å². The quantitative estimate of drug-likeness (QED) is 0.631. The summed E-state index contributed by atoms with van der Waals surface area (Å²) in [6.45, 7) is 5.20. The molecule has 1 amide bonds. The van der Waals surface area contributed by atoms with Crippen molar-refractivity contribution in [3.8, 4) is 11.5 Å². The number of anilines is 1. The van der Waals surface area contributed by atoms with Crippen LogP contribution in [0.5, 0.6) is 11.5 Å². The van der Waals surface area contributed by atoms with Gasteiger partial charge in [0, 0.05) is 38.0 Å². The normalized spacial score (nSPS) is 20.6. The molecule has 2 fully saturated rings. The Bertz CT molecular complexity index is 1070. The van der Waals surface area contributed by atoms with Crippen molar-refractivity contribution in [1.82, 2.24) is 24.7 Å². The largest absolute Gasteiger partial charge is 0.493 e. The molecule has 2 atom stereocenters. The first-order chi connectivity index (χ1) is 14.6. The summed E-state index contributed by atoms with van der Waals surface area (Å²) >= 11 is 0. The number of carbonyl (C=O) groups excluding carboxylic acids is 1. The number of likely N-dealkylation sites (tertiary alicyclic amines) is 1. The molecule has 156 valence electrons. The van der Waals surface area contributed by atoms with Crippen LogP contribution in [0.15, 0.2) is 36.4 Å². The number of hydrogen-bond acceptors (Lipinski definition) is 7. The maximum atomic E-state index is 12.7. The average molecular weight is 408 g/mol. The van der Waals surface area contributed by atoms with E-state index in [9.17, 15) is 4.79 Å². The number of rotatable bonds is 5. The number of ether oxygens (including phenoxy) is 2. The molecule has 0 spiro atoms. The minimum atomic E-state index is 0.0153. The SMILES string of the molecule is COc1ccccc1OCC(=O)N1CC2CN(c3ccc4nnc(C)n4n3)CC2C1. The highest BCUT2D eigenvalue weighted by atomic mass is 16.5. The molecule has 2 unspecified atom stereocenters. The van der Waals surface area contributed by atoms with Gasteiger partial charge in [-0.2, -0.15) is 4.52 Å². The third-order valence-electron chi connectivity index (χ3n) is 5.99. The molecule has 0 saturated carbocycles. The molecule has 1 aromatic carbocycles. The number of benzene rings is 1. The fraction of sp³-hybridized carbons (Fsp3) is 0.429. The molecule has 0 aliphatic carbocycles. The van der Waals surface area contributed by atoms with E-state index < -0.39 is 0 Å². The number of carbonyl (C=O) groups is 1. The Morgan fingerprint density at radius 1 is 1.03 bits per heavy atom. The third kappa shape index (κ3) is 3.30. The standard InChI is InChI=1S/C21H24N6O3/c1-14-22-23-19-7-8-20(24-27(14)19)25-9-15-11-26(12-16(15)10-25)21(28)13-30-18-6-4-3-5-17(18)29-2/h3-8,15-16H,9-13H2,1-2H3. The van der Waals surface area contributed by atoms with Gasteiger partial charge in [-0.05, 0) is 31.2 Å². The number of hydrogen-bond donors (Lipinski definition) is 0. The first kappa shape index (κ1) is 18.7. The smallest absolute Gasteiger partial charge is 0.260 e. The van der Waals surface area contributed by atoms with Crippen LogP contribution < -0.4 is 14.4 Å². The Balaban J connectivity index is 1.19. The lowest BCUT2D eigenvalue weighted by molar-refractivity contribution is -0.132. The van der Waals surface area contributed by atoms with Crippen LogP contribution in [0, 0.1) is 18.8 Å². The molecule has 9 nitrogen and oxygen atoms in total. The molecule has 0 bridgehead atoms. The second-order valence-corrected chi connectivity index (χ2v) is 7.87. The molecule has 5 rings (SSSR count). The van der Waals surface area contributed by atoms with Crippen molar-refractivity contribution in [1.29, 1.82) is 0 Å². The Morgan fingerprint density at radius 2 is 1.77 bits per heavy atom. The Kier molecular flexibility index (Phi) is 4.65. The zero-order chi connectivity index (χ0) is 20.7. The summed E-state index contributed by atoms with van der Waals surface area (Å²) in [7, 11) is 1.59. The van der Waals surface area contributed by atoms with Crippen LogP contribution in [0.2, 0.25) is 0 Å². The molecule has 2 aliphatic rings. The summed E-state index contributed by atoms with van der Waals surface area (Å²) in [5.74, 6) is 3.83. The highest BCUT2D eigenvalue weighted by Crippen LogP contribution is 2.33. The van der Waals surface area contributed by atoms with E-state index in [0.29, 0.717) is 23.3 Å². The van der Waals surface area contributed by atoms with Gasteiger partial charge in [0.2, 0.25) is 0 Å². The zero-order valence-corrected chi connectivity index (χ0v) is 17.1. The van der Waals surface area contributed by atoms with E-state index in [0.717, 1.165) is 43.5 Å². The van der Waals surface area contributed by atoms with Gasteiger partial charge in [0.25, 0.3) is 5.91 Å². The summed E-state index contributed by atoms with van der Waals surface area (Å²) in [4.78, 5) is 16.9. The van der Waals surface area contributed by atoms with Gasteiger partial charge in [0.15, 0.2) is 29.6 Å². The van der Waals surface area contributed by atoms with Crippen molar-refractivity contribution < 1.29 is 14.3 Å². The predicted octanol–water partition coefficient (Wildman–Crippen LogP) is 1.41. The van der Waals surface area contributed by atoms with Crippen molar-refractivity contribution in [3.05, 3.63) is 42.2 Å². The summed E-state index contributed by atoms with van der Waals surface area (Å²) in [5.41, 5.74) is 0.752. The van der Waals surface area contributed by atoms with Crippen LogP contribution in [-0.4, -0.2) is 70.5 Å². The zero-order valence-electron chi connectivity index (χ0n) is 17.1. The van der Waals surface area contributed by atoms with Gasteiger partial charge >= 0.3 is 0 Å². The maximum Gasteiger partial charge on any atom is 0.260 e. The average Bonchev–Trinajstić information content (AvgIpc) is 3.45. The first-order valence-corrected chi connectivity index (χ1v) is 10.1. The molecular formula is C21H24N6O3. The molecule has 0 radical (unpaired) electrons. The van der Waals surface area contributed by atoms with E-state index in [2.05, 4.69) is 20.2 Å². The van der Waals surface area contributed by atoms with Crippen molar-refractivity contribution in [2.45, 2.75) is 6.92 Å². The van der Waals surface area contributed by atoms with Crippen LogP contribution in [0.3, 0.4) is 0 Å². The van der Waals surface area contributed by atoms with Crippen LogP contribution in [-0.2, 0) is 4.79 Å². The number of aryl methyl sites for hydroxylation is 1. The number of nitrogens with zero attached hydrogens (tertiary/aromatic N) is 6. The van der Waals surface area contributed by atoms with Crippen molar-refractivity contribution in [2.75, 3.05) is 44.8 Å². The molecule has 3 aromatic rings. The number of methoxy groups -OCH3 is 1. The van der Waals surface area contributed by atoms with E-state index in [1.807, 2.05) is 48.2 Å². The summed E-state index contributed by atoms with van der Waals surface area (Å²) < 4.78 is 12.8. The maximum absolute atomic E-state index is 12.7. The highest BCUT2D eigenvalue weighted by molar-refractivity contribution is 5.78. The van der Waals surface area contributed by atoms with E-state index in [4.69, 9.17) is 9.47 Å². The Hall–Kier alpha value is -3.36. The molecular weight excluding hydrogens is 384 g/mol. The molecule has 30 heavy (non-hydrogen) atoms.